The Morgan fingerprint density at radius 1 is 0.857 bits per heavy atom. The molecule has 0 aromatic heterocycles. The lowest BCUT2D eigenvalue weighted by atomic mass is 9.75. The molecule has 0 radical (unpaired) electrons. The number of aryl methyl sites for hydroxylation is 1. The Morgan fingerprint density at radius 3 is 2.17 bits per heavy atom. The van der Waals surface area contributed by atoms with Crippen molar-refractivity contribution in [3.63, 3.8) is 0 Å². The summed E-state index contributed by atoms with van der Waals surface area (Å²) in [5.41, 5.74) is 3.58. The first-order valence-electron chi connectivity index (χ1n) is 11.5. The molecule has 3 aromatic rings. The summed E-state index contributed by atoms with van der Waals surface area (Å²) in [5.74, 6) is -2.36. The Labute approximate surface area is 206 Å². The maximum Gasteiger partial charge on any atom is 0.475 e. The van der Waals surface area contributed by atoms with Crippen molar-refractivity contribution in [2.24, 2.45) is 5.92 Å². The molecule has 0 aliphatic heterocycles. The summed E-state index contributed by atoms with van der Waals surface area (Å²) >= 11 is 0. The minimum Gasteiger partial charge on any atom is -0.497 e. The van der Waals surface area contributed by atoms with Crippen LogP contribution >= 0.6 is 0 Å². The molecular weight excluding hydrogens is 443 g/mol. The number of carbonyl (C=O) groups is 2. The maximum atomic E-state index is 13.2. The highest BCUT2D eigenvalue weighted by Crippen LogP contribution is 2.15. The second-order valence-corrected chi connectivity index (χ2v) is 8.53. The number of hydrogen-bond donors (Lipinski definition) is 4. The van der Waals surface area contributed by atoms with Gasteiger partial charge in [0, 0.05) is 6.54 Å². The summed E-state index contributed by atoms with van der Waals surface area (Å²) in [6, 6.07) is 24.1. The summed E-state index contributed by atoms with van der Waals surface area (Å²) in [6.07, 6.45) is 0.391. The summed E-state index contributed by atoms with van der Waals surface area (Å²) in [6.45, 7) is 2.19. The molecule has 2 amide bonds. The van der Waals surface area contributed by atoms with Gasteiger partial charge in [0.1, 0.15) is 11.7 Å². The van der Waals surface area contributed by atoms with E-state index < -0.39 is 30.8 Å². The van der Waals surface area contributed by atoms with Gasteiger partial charge in [-0.1, -0.05) is 72.3 Å². The van der Waals surface area contributed by atoms with Gasteiger partial charge in [-0.15, -0.1) is 0 Å². The SMILES string of the molecule is COc1cccc(CNC(=O)C(Cc2ccccc2)C(=O)NC(Cc2ccc(C)cc2)B(O)O)c1. The number of rotatable bonds is 11. The standard InChI is InChI=1S/C27H31BN2O5/c1-19-11-13-21(14-12-19)17-25(28(33)34)30-27(32)24(16-20-7-4-3-5-8-20)26(31)29-18-22-9-6-10-23(15-22)35-2/h3-15,24-25,33-34H,16-18H2,1-2H3,(H,29,31)(H,30,32). The van der Waals surface area contributed by atoms with Crippen molar-refractivity contribution in [2.45, 2.75) is 32.3 Å². The third-order valence-electron chi connectivity index (χ3n) is 5.78. The van der Waals surface area contributed by atoms with Crippen molar-refractivity contribution in [1.82, 2.24) is 10.6 Å². The lowest BCUT2D eigenvalue weighted by molar-refractivity contribution is -0.135. The first kappa shape index (κ1) is 26.0. The smallest absolute Gasteiger partial charge is 0.475 e. The fourth-order valence-corrected chi connectivity index (χ4v) is 3.74. The predicted octanol–water partition coefficient (Wildman–Crippen LogP) is 2.22. The molecule has 0 spiro atoms. The highest BCUT2D eigenvalue weighted by molar-refractivity contribution is 6.43. The molecule has 0 aliphatic carbocycles. The molecule has 0 saturated heterocycles. The van der Waals surface area contributed by atoms with Crippen molar-refractivity contribution in [3.8, 4) is 5.75 Å². The van der Waals surface area contributed by atoms with Gasteiger partial charge in [-0.3, -0.25) is 9.59 Å². The summed E-state index contributed by atoms with van der Waals surface area (Å²) in [4.78, 5) is 26.4. The highest BCUT2D eigenvalue weighted by Gasteiger charge is 2.32. The van der Waals surface area contributed by atoms with Crippen molar-refractivity contribution in [2.75, 3.05) is 7.11 Å². The largest absolute Gasteiger partial charge is 0.497 e. The van der Waals surface area contributed by atoms with Crippen LogP contribution in [0, 0.1) is 12.8 Å². The molecule has 2 unspecified atom stereocenters. The number of methoxy groups -OCH3 is 1. The molecule has 2 atom stereocenters. The molecule has 182 valence electrons. The summed E-state index contributed by atoms with van der Waals surface area (Å²) in [5, 5.41) is 25.3. The second kappa shape index (κ2) is 12.7. The zero-order chi connectivity index (χ0) is 25.2. The van der Waals surface area contributed by atoms with Crippen LogP contribution in [-0.2, 0) is 29.0 Å². The van der Waals surface area contributed by atoms with Gasteiger partial charge in [0.15, 0.2) is 0 Å². The normalized spacial score (nSPS) is 12.3. The first-order valence-corrected chi connectivity index (χ1v) is 11.5. The maximum absolute atomic E-state index is 13.2. The monoisotopic (exact) mass is 474 g/mol. The number of carbonyl (C=O) groups excluding carboxylic acids is 2. The number of ether oxygens (including phenoxy) is 1. The van der Waals surface area contributed by atoms with Crippen molar-refractivity contribution < 1.29 is 24.4 Å². The van der Waals surface area contributed by atoms with E-state index in [1.54, 1.807) is 7.11 Å². The molecule has 0 fully saturated rings. The molecule has 0 bridgehead atoms. The minimum absolute atomic E-state index is 0.176. The van der Waals surface area contributed by atoms with Gasteiger partial charge >= 0.3 is 7.12 Å². The predicted molar refractivity (Wildman–Crippen MR) is 135 cm³/mol. The molecule has 8 heteroatoms. The fraction of sp³-hybridized carbons (Fsp3) is 0.259. The van der Waals surface area contributed by atoms with Crippen LogP contribution in [0.5, 0.6) is 5.75 Å². The van der Waals surface area contributed by atoms with Gasteiger partial charge in [-0.2, -0.15) is 0 Å². The first-order chi connectivity index (χ1) is 16.9. The van der Waals surface area contributed by atoms with E-state index in [1.807, 2.05) is 85.8 Å². The Morgan fingerprint density at radius 2 is 1.51 bits per heavy atom. The van der Waals surface area contributed by atoms with Gasteiger partial charge in [0.25, 0.3) is 0 Å². The van der Waals surface area contributed by atoms with Crippen LogP contribution in [0.3, 0.4) is 0 Å². The van der Waals surface area contributed by atoms with Crippen LogP contribution in [0.4, 0.5) is 0 Å². The molecular formula is C27H31BN2O5. The molecule has 0 aliphatic rings. The van der Waals surface area contributed by atoms with Crippen molar-refractivity contribution >= 4 is 18.9 Å². The zero-order valence-corrected chi connectivity index (χ0v) is 20.0. The number of benzene rings is 3. The van der Waals surface area contributed by atoms with E-state index in [1.165, 1.54) is 0 Å². The summed E-state index contributed by atoms with van der Waals surface area (Å²) in [7, 11) is -0.210. The van der Waals surface area contributed by atoms with E-state index >= 15 is 0 Å². The minimum atomic E-state index is -1.78. The van der Waals surface area contributed by atoms with Crippen LogP contribution in [-0.4, -0.2) is 42.0 Å². The Kier molecular flexibility index (Phi) is 9.46. The summed E-state index contributed by atoms with van der Waals surface area (Å²) < 4.78 is 5.22. The van der Waals surface area contributed by atoms with Gasteiger partial charge in [-0.25, -0.2) is 0 Å². The number of amides is 2. The molecule has 4 N–H and O–H groups in total. The Bertz CT molecular complexity index is 1110. The molecule has 35 heavy (non-hydrogen) atoms. The van der Waals surface area contributed by atoms with E-state index in [0.717, 1.165) is 22.3 Å². The molecule has 7 nitrogen and oxygen atoms in total. The van der Waals surface area contributed by atoms with Crippen LogP contribution in [0.15, 0.2) is 78.9 Å². The quantitative estimate of drug-likeness (QED) is 0.252. The van der Waals surface area contributed by atoms with E-state index in [4.69, 9.17) is 4.74 Å². The van der Waals surface area contributed by atoms with Crippen LogP contribution in [0.25, 0.3) is 0 Å². The van der Waals surface area contributed by atoms with Crippen molar-refractivity contribution in [1.29, 1.82) is 0 Å². The van der Waals surface area contributed by atoms with Gasteiger partial charge < -0.3 is 25.4 Å². The number of hydrogen-bond acceptors (Lipinski definition) is 5. The molecule has 3 rings (SSSR count). The van der Waals surface area contributed by atoms with E-state index in [9.17, 15) is 19.6 Å². The second-order valence-electron chi connectivity index (χ2n) is 8.53. The number of nitrogens with one attached hydrogen (secondary N) is 2. The van der Waals surface area contributed by atoms with Crippen LogP contribution in [0.1, 0.15) is 22.3 Å². The Hall–Kier alpha value is -3.62. The average molecular weight is 474 g/mol. The third-order valence-corrected chi connectivity index (χ3v) is 5.78. The molecule has 0 heterocycles. The van der Waals surface area contributed by atoms with E-state index in [2.05, 4.69) is 10.6 Å². The molecule has 3 aromatic carbocycles. The topological polar surface area (TPSA) is 108 Å². The zero-order valence-electron chi connectivity index (χ0n) is 20.0. The van der Waals surface area contributed by atoms with Gasteiger partial charge in [-0.05, 0) is 48.6 Å². The fourth-order valence-electron chi connectivity index (χ4n) is 3.74. The van der Waals surface area contributed by atoms with E-state index in [-0.39, 0.29) is 19.4 Å². The lowest BCUT2D eigenvalue weighted by Crippen LogP contribution is -2.52. The van der Waals surface area contributed by atoms with Gasteiger partial charge in [0.2, 0.25) is 11.8 Å². The Balaban J connectivity index is 1.74. The van der Waals surface area contributed by atoms with Crippen LogP contribution in [0.2, 0.25) is 0 Å². The third kappa shape index (κ3) is 7.98. The van der Waals surface area contributed by atoms with Crippen LogP contribution < -0.4 is 15.4 Å². The molecule has 0 saturated carbocycles. The van der Waals surface area contributed by atoms with Gasteiger partial charge in [0.05, 0.1) is 13.1 Å². The lowest BCUT2D eigenvalue weighted by Gasteiger charge is -2.22. The van der Waals surface area contributed by atoms with E-state index in [0.29, 0.717) is 5.75 Å². The average Bonchev–Trinajstić information content (AvgIpc) is 2.87. The highest BCUT2D eigenvalue weighted by atomic mass is 16.5. The van der Waals surface area contributed by atoms with Crippen molar-refractivity contribution in [3.05, 3.63) is 101 Å².